The lowest BCUT2D eigenvalue weighted by atomic mass is 9.88. The van der Waals surface area contributed by atoms with Gasteiger partial charge in [-0.2, -0.15) is 0 Å². The molecule has 0 heterocycles. The van der Waals surface area contributed by atoms with Crippen LogP contribution in [0.25, 0.3) is 0 Å². The molecule has 1 aliphatic carbocycles. The van der Waals surface area contributed by atoms with Gasteiger partial charge in [0.25, 0.3) is 0 Å². The van der Waals surface area contributed by atoms with Crippen LogP contribution in [-0.4, -0.2) is 19.3 Å². The van der Waals surface area contributed by atoms with E-state index < -0.39 is 0 Å². The van der Waals surface area contributed by atoms with Crippen LogP contribution in [0, 0.1) is 5.92 Å². The lowest BCUT2D eigenvalue weighted by molar-refractivity contribution is -0.00911. The minimum absolute atomic E-state index is 0.454. The fourth-order valence-corrected chi connectivity index (χ4v) is 2.62. The van der Waals surface area contributed by atoms with Crippen LogP contribution in [0.1, 0.15) is 39.0 Å². The molecule has 1 fully saturated rings. The fraction of sp³-hybridized carbons (Fsp3) is 0.625. The molecule has 2 unspecified atom stereocenters. The van der Waals surface area contributed by atoms with Crippen LogP contribution < -0.4 is 10.5 Å². The number of ether oxygens (including phenoxy) is 2. The summed E-state index contributed by atoms with van der Waals surface area (Å²) in [6.07, 6.45) is 6.56. The van der Waals surface area contributed by atoms with E-state index in [0.29, 0.717) is 24.3 Å². The van der Waals surface area contributed by atoms with Crippen molar-refractivity contribution in [1.29, 1.82) is 0 Å². The molecule has 1 saturated carbocycles. The first-order valence-corrected chi connectivity index (χ1v) is 7.36. The van der Waals surface area contributed by atoms with Crippen molar-refractivity contribution in [2.24, 2.45) is 5.92 Å². The van der Waals surface area contributed by atoms with E-state index >= 15 is 0 Å². The zero-order chi connectivity index (χ0) is 13.5. The molecule has 2 N–H and O–H groups in total. The van der Waals surface area contributed by atoms with Crippen molar-refractivity contribution in [3.05, 3.63) is 24.3 Å². The summed E-state index contributed by atoms with van der Waals surface area (Å²) in [5.74, 6) is 1.48. The van der Waals surface area contributed by atoms with Crippen LogP contribution in [0.2, 0.25) is 0 Å². The summed E-state index contributed by atoms with van der Waals surface area (Å²) in [7, 11) is 0. The Labute approximate surface area is 116 Å². The first kappa shape index (κ1) is 14.2. The normalized spacial score (nSPS) is 23.2. The Morgan fingerprint density at radius 1 is 1.16 bits per heavy atom. The van der Waals surface area contributed by atoms with E-state index in [9.17, 15) is 0 Å². The highest BCUT2D eigenvalue weighted by molar-refractivity contribution is 5.51. The third-order valence-corrected chi connectivity index (χ3v) is 3.83. The summed E-state index contributed by atoms with van der Waals surface area (Å²) in [5, 5.41) is 0. The molecule has 0 aliphatic heterocycles. The SMILES string of the molecule is CC1CCCCC1OCCCOc1ccccc1N. The van der Waals surface area contributed by atoms with Gasteiger partial charge < -0.3 is 15.2 Å². The first-order valence-electron chi connectivity index (χ1n) is 7.36. The molecule has 0 bridgehead atoms. The monoisotopic (exact) mass is 263 g/mol. The molecule has 0 spiro atoms. The lowest BCUT2D eigenvalue weighted by Crippen LogP contribution is -2.26. The van der Waals surface area contributed by atoms with Gasteiger partial charge in [0, 0.05) is 6.42 Å². The molecule has 19 heavy (non-hydrogen) atoms. The quantitative estimate of drug-likeness (QED) is 0.629. The van der Waals surface area contributed by atoms with E-state index in [2.05, 4.69) is 6.92 Å². The van der Waals surface area contributed by atoms with E-state index in [1.54, 1.807) is 0 Å². The fourth-order valence-electron chi connectivity index (χ4n) is 2.62. The molecule has 0 aromatic heterocycles. The Morgan fingerprint density at radius 3 is 2.74 bits per heavy atom. The maximum absolute atomic E-state index is 5.95. The van der Waals surface area contributed by atoms with Crippen molar-refractivity contribution in [3.8, 4) is 5.75 Å². The van der Waals surface area contributed by atoms with E-state index in [0.717, 1.165) is 18.8 Å². The van der Waals surface area contributed by atoms with Crippen LogP contribution in [-0.2, 0) is 4.74 Å². The van der Waals surface area contributed by atoms with Gasteiger partial charge in [0.1, 0.15) is 5.75 Å². The Kier molecular flexibility index (Phi) is 5.52. The largest absolute Gasteiger partial charge is 0.491 e. The summed E-state index contributed by atoms with van der Waals surface area (Å²) in [6.45, 7) is 3.74. The highest BCUT2D eigenvalue weighted by atomic mass is 16.5. The molecule has 2 atom stereocenters. The molecule has 1 aliphatic rings. The van der Waals surface area contributed by atoms with Crippen LogP contribution in [0.3, 0.4) is 0 Å². The highest BCUT2D eigenvalue weighted by Gasteiger charge is 2.21. The Balaban J connectivity index is 1.61. The molecule has 0 saturated heterocycles. The predicted octanol–water partition coefficient (Wildman–Crippen LogP) is 3.63. The summed E-state index contributed by atoms with van der Waals surface area (Å²) in [5.41, 5.74) is 6.51. The topological polar surface area (TPSA) is 44.5 Å². The van der Waals surface area contributed by atoms with Crippen LogP contribution in [0.15, 0.2) is 24.3 Å². The summed E-state index contributed by atoms with van der Waals surface area (Å²) < 4.78 is 11.6. The van der Waals surface area contributed by atoms with Crippen molar-refractivity contribution >= 4 is 5.69 Å². The molecule has 1 aromatic rings. The van der Waals surface area contributed by atoms with Crippen molar-refractivity contribution in [3.63, 3.8) is 0 Å². The van der Waals surface area contributed by atoms with Crippen LogP contribution in [0.5, 0.6) is 5.75 Å². The van der Waals surface area contributed by atoms with E-state index in [-0.39, 0.29) is 0 Å². The number of hydrogen-bond donors (Lipinski definition) is 1. The van der Waals surface area contributed by atoms with Crippen molar-refractivity contribution in [1.82, 2.24) is 0 Å². The second-order valence-corrected chi connectivity index (χ2v) is 5.41. The summed E-state index contributed by atoms with van der Waals surface area (Å²) >= 11 is 0. The number of para-hydroxylation sites is 2. The van der Waals surface area contributed by atoms with Gasteiger partial charge in [-0.25, -0.2) is 0 Å². The third kappa shape index (κ3) is 4.43. The molecular weight excluding hydrogens is 238 g/mol. The van der Waals surface area contributed by atoms with Crippen molar-refractivity contribution < 1.29 is 9.47 Å². The number of nitrogen functional groups attached to an aromatic ring is 1. The van der Waals surface area contributed by atoms with Gasteiger partial charge >= 0.3 is 0 Å². The highest BCUT2D eigenvalue weighted by Crippen LogP contribution is 2.26. The second kappa shape index (κ2) is 7.39. The van der Waals surface area contributed by atoms with Crippen LogP contribution in [0.4, 0.5) is 5.69 Å². The predicted molar refractivity (Wildman–Crippen MR) is 78.3 cm³/mol. The van der Waals surface area contributed by atoms with Gasteiger partial charge in [0.15, 0.2) is 0 Å². The molecule has 1 aromatic carbocycles. The van der Waals surface area contributed by atoms with Gasteiger partial charge in [0.2, 0.25) is 0 Å². The molecule has 0 amide bonds. The number of rotatable bonds is 6. The average molecular weight is 263 g/mol. The molecule has 0 radical (unpaired) electrons. The van der Waals surface area contributed by atoms with Crippen molar-refractivity contribution in [2.45, 2.75) is 45.1 Å². The van der Waals surface area contributed by atoms with E-state index in [4.69, 9.17) is 15.2 Å². The average Bonchev–Trinajstić information content (AvgIpc) is 2.42. The van der Waals surface area contributed by atoms with Gasteiger partial charge in [-0.15, -0.1) is 0 Å². The van der Waals surface area contributed by atoms with Gasteiger partial charge in [-0.05, 0) is 30.9 Å². The second-order valence-electron chi connectivity index (χ2n) is 5.41. The standard InChI is InChI=1S/C16H25NO2/c1-13-7-2-4-9-15(13)18-11-6-12-19-16-10-5-3-8-14(16)17/h3,5,8,10,13,15H,2,4,6-7,9,11-12,17H2,1H3. The molecule has 3 heteroatoms. The van der Waals surface area contributed by atoms with Crippen LogP contribution >= 0.6 is 0 Å². The van der Waals surface area contributed by atoms with E-state index in [1.165, 1.54) is 25.7 Å². The number of hydrogen-bond acceptors (Lipinski definition) is 3. The maximum Gasteiger partial charge on any atom is 0.142 e. The Bertz CT molecular complexity index is 381. The summed E-state index contributed by atoms with van der Waals surface area (Å²) in [6, 6.07) is 7.61. The minimum Gasteiger partial charge on any atom is -0.491 e. The van der Waals surface area contributed by atoms with Gasteiger partial charge in [0.05, 0.1) is 25.0 Å². The summed E-state index contributed by atoms with van der Waals surface area (Å²) in [4.78, 5) is 0. The molecule has 106 valence electrons. The molecule has 3 nitrogen and oxygen atoms in total. The Hall–Kier alpha value is -1.22. The Morgan fingerprint density at radius 2 is 1.95 bits per heavy atom. The molecule has 2 rings (SSSR count). The number of benzene rings is 1. The zero-order valence-electron chi connectivity index (χ0n) is 11.8. The minimum atomic E-state index is 0.454. The van der Waals surface area contributed by atoms with Crippen molar-refractivity contribution in [2.75, 3.05) is 18.9 Å². The third-order valence-electron chi connectivity index (χ3n) is 3.83. The van der Waals surface area contributed by atoms with Gasteiger partial charge in [-0.3, -0.25) is 0 Å². The number of anilines is 1. The maximum atomic E-state index is 5.95. The first-order chi connectivity index (χ1) is 9.27. The van der Waals surface area contributed by atoms with Gasteiger partial charge in [-0.1, -0.05) is 31.9 Å². The smallest absolute Gasteiger partial charge is 0.142 e. The number of nitrogens with two attached hydrogens (primary N) is 1. The zero-order valence-corrected chi connectivity index (χ0v) is 11.8. The lowest BCUT2D eigenvalue weighted by Gasteiger charge is -2.28. The molecular formula is C16H25NO2. The van der Waals surface area contributed by atoms with E-state index in [1.807, 2.05) is 24.3 Å².